The second kappa shape index (κ2) is 5.66. The topological polar surface area (TPSA) is 92.2 Å². The molecule has 0 aliphatic heterocycles. The van der Waals surface area contributed by atoms with Crippen molar-refractivity contribution in [3.8, 4) is 0 Å². The smallest absolute Gasteiger partial charge is 0.335 e. The van der Waals surface area contributed by atoms with Crippen LogP contribution in [0.4, 0.5) is 10.1 Å². The van der Waals surface area contributed by atoms with Crippen LogP contribution in [0.25, 0.3) is 0 Å². The molecule has 1 heterocycles. The fraction of sp³-hybridized carbons (Fsp3) is 0.143. The first kappa shape index (κ1) is 14.6. The standard InChI is InChI=1S/C14H12FN3O3/c1-7-5-10(8(2)18-17-7)13(19)16-12-4-3-9(14(20)21)6-11(12)15/h3-6H,1-2H3,(H,16,19)(H,20,21). The van der Waals surface area contributed by atoms with Gasteiger partial charge >= 0.3 is 5.97 Å². The van der Waals surface area contributed by atoms with E-state index in [1.165, 1.54) is 12.1 Å². The van der Waals surface area contributed by atoms with E-state index in [-0.39, 0.29) is 16.8 Å². The lowest BCUT2D eigenvalue weighted by molar-refractivity contribution is 0.0696. The zero-order valence-corrected chi connectivity index (χ0v) is 11.3. The van der Waals surface area contributed by atoms with E-state index in [0.29, 0.717) is 11.4 Å². The highest BCUT2D eigenvalue weighted by Gasteiger charge is 2.14. The summed E-state index contributed by atoms with van der Waals surface area (Å²) in [5, 5.41) is 18.8. The van der Waals surface area contributed by atoms with Crippen LogP contribution in [0.2, 0.25) is 0 Å². The monoisotopic (exact) mass is 289 g/mol. The molecular formula is C14H12FN3O3. The summed E-state index contributed by atoms with van der Waals surface area (Å²) in [5.41, 5.74) is 0.972. The van der Waals surface area contributed by atoms with Crippen molar-refractivity contribution in [2.75, 3.05) is 5.32 Å². The average molecular weight is 289 g/mol. The van der Waals surface area contributed by atoms with E-state index in [0.717, 1.165) is 6.07 Å². The van der Waals surface area contributed by atoms with Crippen molar-refractivity contribution in [2.45, 2.75) is 13.8 Å². The van der Waals surface area contributed by atoms with Gasteiger partial charge in [0.15, 0.2) is 0 Å². The Morgan fingerprint density at radius 2 is 1.90 bits per heavy atom. The first-order valence-corrected chi connectivity index (χ1v) is 6.03. The lowest BCUT2D eigenvalue weighted by atomic mass is 10.1. The summed E-state index contributed by atoms with van der Waals surface area (Å²) in [6.07, 6.45) is 0. The maximum absolute atomic E-state index is 13.8. The van der Waals surface area contributed by atoms with Gasteiger partial charge in [-0.1, -0.05) is 0 Å². The number of nitrogens with one attached hydrogen (secondary N) is 1. The number of hydrogen-bond donors (Lipinski definition) is 2. The van der Waals surface area contributed by atoms with Gasteiger partial charge in [0.05, 0.1) is 28.2 Å². The van der Waals surface area contributed by atoms with Crippen LogP contribution in [0, 0.1) is 19.7 Å². The maximum Gasteiger partial charge on any atom is 0.335 e. The molecule has 2 rings (SSSR count). The van der Waals surface area contributed by atoms with Gasteiger partial charge in [0.25, 0.3) is 5.91 Å². The van der Waals surface area contributed by atoms with E-state index in [1.54, 1.807) is 19.9 Å². The van der Waals surface area contributed by atoms with Crippen molar-refractivity contribution in [3.05, 3.63) is 52.6 Å². The normalized spacial score (nSPS) is 10.2. The average Bonchev–Trinajstić information content (AvgIpc) is 2.43. The van der Waals surface area contributed by atoms with Crippen LogP contribution in [0.15, 0.2) is 24.3 Å². The molecule has 0 saturated carbocycles. The lowest BCUT2D eigenvalue weighted by Crippen LogP contribution is -2.16. The van der Waals surface area contributed by atoms with Crippen molar-refractivity contribution < 1.29 is 19.1 Å². The summed E-state index contributed by atoms with van der Waals surface area (Å²) >= 11 is 0. The van der Waals surface area contributed by atoms with Crippen molar-refractivity contribution in [1.29, 1.82) is 0 Å². The summed E-state index contributed by atoms with van der Waals surface area (Å²) in [5.74, 6) is -2.59. The Morgan fingerprint density at radius 1 is 1.19 bits per heavy atom. The molecule has 0 unspecified atom stereocenters. The minimum absolute atomic E-state index is 0.0983. The molecule has 2 aromatic rings. The highest BCUT2D eigenvalue weighted by atomic mass is 19.1. The van der Waals surface area contributed by atoms with Crippen LogP contribution in [-0.2, 0) is 0 Å². The Morgan fingerprint density at radius 3 is 2.52 bits per heavy atom. The molecule has 0 bridgehead atoms. The number of anilines is 1. The Bertz CT molecular complexity index is 731. The molecule has 21 heavy (non-hydrogen) atoms. The van der Waals surface area contributed by atoms with Crippen LogP contribution >= 0.6 is 0 Å². The van der Waals surface area contributed by atoms with Crippen LogP contribution < -0.4 is 5.32 Å². The molecule has 1 aromatic heterocycles. The molecule has 1 amide bonds. The molecule has 0 fully saturated rings. The first-order valence-electron chi connectivity index (χ1n) is 6.03. The van der Waals surface area contributed by atoms with E-state index >= 15 is 0 Å². The number of carboxylic acids is 1. The van der Waals surface area contributed by atoms with Gasteiger partial charge in [0, 0.05) is 0 Å². The number of benzene rings is 1. The molecule has 0 atom stereocenters. The number of amides is 1. The quantitative estimate of drug-likeness (QED) is 0.903. The molecule has 0 spiro atoms. The minimum Gasteiger partial charge on any atom is -0.478 e. The van der Waals surface area contributed by atoms with E-state index in [2.05, 4.69) is 15.5 Å². The molecule has 7 heteroatoms. The predicted molar refractivity (Wildman–Crippen MR) is 72.8 cm³/mol. The molecule has 0 saturated heterocycles. The van der Waals surface area contributed by atoms with Gasteiger partial charge in [0.2, 0.25) is 0 Å². The zero-order chi connectivity index (χ0) is 15.6. The predicted octanol–water partition coefficient (Wildman–Crippen LogP) is 2.18. The third kappa shape index (κ3) is 3.19. The van der Waals surface area contributed by atoms with Gasteiger partial charge in [-0.2, -0.15) is 10.2 Å². The van der Waals surface area contributed by atoms with Crippen molar-refractivity contribution >= 4 is 17.6 Å². The Kier molecular flexibility index (Phi) is 3.93. The molecule has 0 aliphatic rings. The van der Waals surface area contributed by atoms with Crippen LogP contribution in [-0.4, -0.2) is 27.2 Å². The second-order valence-corrected chi connectivity index (χ2v) is 4.44. The summed E-state index contributed by atoms with van der Waals surface area (Å²) in [4.78, 5) is 22.8. The van der Waals surface area contributed by atoms with Gasteiger partial charge in [-0.3, -0.25) is 4.79 Å². The molecule has 2 N–H and O–H groups in total. The number of aryl methyl sites for hydroxylation is 2. The number of aromatic nitrogens is 2. The van der Waals surface area contributed by atoms with Crippen LogP contribution in [0.5, 0.6) is 0 Å². The van der Waals surface area contributed by atoms with Crippen molar-refractivity contribution in [3.63, 3.8) is 0 Å². The largest absolute Gasteiger partial charge is 0.478 e. The summed E-state index contributed by atoms with van der Waals surface area (Å²) in [6, 6.07) is 4.81. The Hall–Kier alpha value is -2.83. The van der Waals surface area contributed by atoms with E-state index < -0.39 is 17.7 Å². The van der Waals surface area contributed by atoms with E-state index in [4.69, 9.17) is 5.11 Å². The third-order valence-corrected chi connectivity index (χ3v) is 2.81. The number of hydrogen-bond acceptors (Lipinski definition) is 4. The highest BCUT2D eigenvalue weighted by Crippen LogP contribution is 2.17. The summed E-state index contributed by atoms with van der Waals surface area (Å²) in [7, 11) is 0. The summed E-state index contributed by atoms with van der Waals surface area (Å²) in [6.45, 7) is 3.30. The lowest BCUT2D eigenvalue weighted by Gasteiger charge is -2.08. The van der Waals surface area contributed by atoms with Crippen LogP contribution in [0.3, 0.4) is 0 Å². The molecule has 1 aromatic carbocycles. The number of carboxylic acid groups (broad SMARTS) is 1. The number of nitrogens with zero attached hydrogens (tertiary/aromatic N) is 2. The van der Waals surface area contributed by atoms with Crippen molar-refractivity contribution in [1.82, 2.24) is 10.2 Å². The van der Waals surface area contributed by atoms with Crippen LogP contribution in [0.1, 0.15) is 32.1 Å². The van der Waals surface area contributed by atoms with Gasteiger partial charge in [-0.05, 0) is 38.1 Å². The first-order chi connectivity index (χ1) is 9.88. The van der Waals surface area contributed by atoms with E-state index in [1.807, 2.05) is 0 Å². The summed E-state index contributed by atoms with van der Waals surface area (Å²) < 4.78 is 13.8. The molecule has 108 valence electrons. The number of rotatable bonds is 3. The molecule has 6 nitrogen and oxygen atoms in total. The molecular weight excluding hydrogens is 277 g/mol. The molecule has 0 aliphatic carbocycles. The number of halogens is 1. The number of carbonyl (C=O) groups is 2. The van der Waals surface area contributed by atoms with Gasteiger partial charge in [-0.15, -0.1) is 0 Å². The zero-order valence-electron chi connectivity index (χ0n) is 11.3. The Labute approximate surface area is 119 Å². The van der Waals surface area contributed by atoms with Crippen molar-refractivity contribution in [2.24, 2.45) is 0 Å². The fourth-order valence-corrected chi connectivity index (χ4v) is 1.72. The minimum atomic E-state index is -1.24. The maximum atomic E-state index is 13.8. The van der Waals surface area contributed by atoms with Gasteiger partial charge < -0.3 is 10.4 Å². The van der Waals surface area contributed by atoms with E-state index in [9.17, 15) is 14.0 Å². The number of aromatic carboxylic acids is 1. The second-order valence-electron chi connectivity index (χ2n) is 4.44. The fourth-order valence-electron chi connectivity index (χ4n) is 1.72. The SMILES string of the molecule is Cc1cc(C(=O)Nc2ccc(C(=O)O)cc2F)c(C)nn1. The third-order valence-electron chi connectivity index (χ3n) is 2.81. The van der Waals surface area contributed by atoms with Gasteiger partial charge in [0.1, 0.15) is 5.82 Å². The van der Waals surface area contributed by atoms with Gasteiger partial charge in [-0.25, -0.2) is 9.18 Å². The number of carbonyl (C=O) groups excluding carboxylic acids is 1. The highest BCUT2D eigenvalue weighted by molar-refractivity contribution is 6.05. The molecule has 0 radical (unpaired) electrons. The Balaban J connectivity index is 2.27.